The topological polar surface area (TPSA) is 64.3 Å². The summed E-state index contributed by atoms with van der Waals surface area (Å²) in [5.41, 5.74) is 7.98. The van der Waals surface area contributed by atoms with Gasteiger partial charge in [-0.05, 0) is 30.7 Å². The van der Waals surface area contributed by atoms with Crippen molar-refractivity contribution >= 4 is 17.3 Å². The molecule has 3 N–H and O–H groups in total. The number of carbonyl (C=O) groups is 1. The van der Waals surface area contributed by atoms with Crippen LogP contribution >= 0.6 is 0 Å². The number of nitrogens with two attached hydrogens (primary N) is 1. The summed E-state index contributed by atoms with van der Waals surface area (Å²) in [5.74, 6) is 1.27. The van der Waals surface area contributed by atoms with Gasteiger partial charge in [-0.1, -0.05) is 18.2 Å². The van der Waals surface area contributed by atoms with Crippen molar-refractivity contribution in [3.8, 4) is 11.5 Å². The van der Waals surface area contributed by atoms with E-state index in [1.807, 2.05) is 31.2 Å². The van der Waals surface area contributed by atoms with Crippen molar-refractivity contribution in [2.24, 2.45) is 0 Å². The molecule has 2 rings (SSSR count). The summed E-state index contributed by atoms with van der Waals surface area (Å²) in [6.45, 7) is 3.42. The number of nitrogen functional groups attached to an aromatic ring is 1. The second-order valence-corrected chi connectivity index (χ2v) is 4.30. The van der Waals surface area contributed by atoms with Gasteiger partial charge in [-0.2, -0.15) is 0 Å². The van der Waals surface area contributed by atoms with Crippen LogP contribution in [0.2, 0.25) is 0 Å². The molecule has 2 aromatic carbocycles. The number of carbonyl (C=O) groups excluding carboxylic acids is 1. The molecule has 2 aromatic rings. The summed E-state index contributed by atoms with van der Waals surface area (Å²) < 4.78 is 5.76. The van der Waals surface area contributed by atoms with Crippen LogP contribution in [0, 0.1) is 6.92 Å². The molecule has 0 saturated heterocycles. The summed E-state index contributed by atoms with van der Waals surface area (Å²) in [5, 5.41) is 2.66. The number of nitrogens with one attached hydrogen (secondary N) is 1. The van der Waals surface area contributed by atoms with Gasteiger partial charge in [-0.25, -0.2) is 0 Å². The predicted molar refractivity (Wildman–Crippen MR) is 76.4 cm³/mol. The second kappa shape index (κ2) is 5.44. The van der Waals surface area contributed by atoms with Crippen LogP contribution in [-0.2, 0) is 4.79 Å². The molecule has 0 unspecified atom stereocenters. The third-order valence-corrected chi connectivity index (χ3v) is 2.66. The van der Waals surface area contributed by atoms with E-state index in [4.69, 9.17) is 10.5 Å². The molecule has 0 aliphatic carbocycles. The van der Waals surface area contributed by atoms with Crippen molar-refractivity contribution in [2.45, 2.75) is 13.8 Å². The minimum atomic E-state index is -0.153. The average molecular weight is 256 g/mol. The molecule has 0 saturated carbocycles. The minimum Gasteiger partial charge on any atom is -0.457 e. The zero-order valence-electron chi connectivity index (χ0n) is 10.9. The maximum absolute atomic E-state index is 11.0. The number of aryl methyl sites for hydroxylation is 1. The highest BCUT2D eigenvalue weighted by atomic mass is 16.5. The number of amides is 1. The highest BCUT2D eigenvalue weighted by molar-refractivity contribution is 5.92. The summed E-state index contributed by atoms with van der Waals surface area (Å²) in [7, 11) is 0. The Hall–Kier alpha value is -2.49. The number of hydrogen-bond donors (Lipinski definition) is 2. The Bertz CT molecular complexity index is 609. The van der Waals surface area contributed by atoms with E-state index in [-0.39, 0.29) is 5.91 Å². The van der Waals surface area contributed by atoms with Crippen LogP contribution in [0.4, 0.5) is 11.4 Å². The van der Waals surface area contributed by atoms with E-state index in [1.54, 1.807) is 18.2 Å². The van der Waals surface area contributed by atoms with E-state index in [2.05, 4.69) is 5.32 Å². The third-order valence-electron chi connectivity index (χ3n) is 2.66. The first-order valence-corrected chi connectivity index (χ1v) is 5.97. The van der Waals surface area contributed by atoms with Gasteiger partial charge in [0.1, 0.15) is 11.5 Å². The van der Waals surface area contributed by atoms with Gasteiger partial charge in [-0.15, -0.1) is 0 Å². The Morgan fingerprint density at radius 3 is 2.58 bits per heavy atom. The quantitative estimate of drug-likeness (QED) is 0.828. The van der Waals surface area contributed by atoms with E-state index in [0.29, 0.717) is 17.1 Å². The van der Waals surface area contributed by atoms with Gasteiger partial charge in [0, 0.05) is 13.0 Å². The lowest BCUT2D eigenvalue weighted by Crippen LogP contribution is -2.07. The molecule has 0 bridgehead atoms. The van der Waals surface area contributed by atoms with Gasteiger partial charge in [0.25, 0.3) is 0 Å². The van der Waals surface area contributed by atoms with Crippen LogP contribution in [0.5, 0.6) is 11.5 Å². The van der Waals surface area contributed by atoms with Gasteiger partial charge in [0.05, 0.1) is 11.4 Å². The molecule has 1 amide bonds. The Morgan fingerprint density at radius 1 is 1.21 bits per heavy atom. The Balaban J connectivity index is 2.21. The normalized spacial score (nSPS) is 10.0. The first kappa shape index (κ1) is 13.0. The molecule has 0 fully saturated rings. The zero-order valence-corrected chi connectivity index (χ0v) is 10.9. The average Bonchev–Trinajstić information content (AvgIpc) is 2.35. The zero-order chi connectivity index (χ0) is 13.8. The summed E-state index contributed by atoms with van der Waals surface area (Å²) >= 11 is 0. The number of rotatable bonds is 3. The monoisotopic (exact) mass is 256 g/mol. The van der Waals surface area contributed by atoms with Crippen molar-refractivity contribution < 1.29 is 9.53 Å². The van der Waals surface area contributed by atoms with E-state index in [1.165, 1.54) is 6.92 Å². The summed E-state index contributed by atoms with van der Waals surface area (Å²) in [4.78, 5) is 11.0. The molecule has 0 aliphatic heterocycles. The van der Waals surface area contributed by atoms with Crippen LogP contribution in [-0.4, -0.2) is 5.91 Å². The third kappa shape index (κ3) is 3.25. The number of anilines is 2. The lowest BCUT2D eigenvalue weighted by Gasteiger charge is -2.11. The molecule has 98 valence electrons. The lowest BCUT2D eigenvalue weighted by atomic mass is 10.2. The largest absolute Gasteiger partial charge is 0.457 e. The molecule has 0 radical (unpaired) electrons. The van der Waals surface area contributed by atoms with Gasteiger partial charge < -0.3 is 15.8 Å². The highest BCUT2D eigenvalue weighted by Crippen LogP contribution is 2.29. The van der Waals surface area contributed by atoms with Gasteiger partial charge in [0.2, 0.25) is 5.91 Å². The van der Waals surface area contributed by atoms with E-state index >= 15 is 0 Å². The smallest absolute Gasteiger partial charge is 0.221 e. The molecule has 19 heavy (non-hydrogen) atoms. The highest BCUT2D eigenvalue weighted by Gasteiger charge is 2.05. The lowest BCUT2D eigenvalue weighted by molar-refractivity contribution is -0.114. The molecular formula is C15H16N2O2. The standard InChI is InChI=1S/C15H16N2O2/c1-10-5-3-4-6-15(10)19-12-7-8-14(13(16)9-12)17-11(2)18/h3-9H,16H2,1-2H3,(H,17,18). The molecule has 0 aliphatic rings. The first-order chi connectivity index (χ1) is 9.06. The van der Waals surface area contributed by atoms with Crippen LogP contribution in [0.3, 0.4) is 0 Å². The Kier molecular flexibility index (Phi) is 3.71. The van der Waals surface area contributed by atoms with Crippen LogP contribution in [0.1, 0.15) is 12.5 Å². The SMILES string of the molecule is CC(=O)Nc1ccc(Oc2ccccc2C)cc1N. The molecular weight excluding hydrogens is 240 g/mol. The van der Waals surface area contributed by atoms with E-state index < -0.39 is 0 Å². The number of ether oxygens (including phenoxy) is 1. The minimum absolute atomic E-state index is 0.153. The summed E-state index contributed by atoms with van der Waals surface area (Å²) in [6, 6.07) is 12.9. The van der Waals surface area contributed by atoms with Crippen LogP contribution in [0.25, 0.3) is 0 Å². The second-order valence-electron chi connectivity index (χ2n) is 4.30. The number of benzene rings is 2. The van der Waals surface area contributed by atoms with Crippen LogP contribution < -0.4 is 15.8 Å². The van der Waals surface area contributed by atoms with Crippen molar-refractivity contribution in [3.05, 3.63) is 48.0 Å². The molecule has 0 spiro atoms. The fourth-order valence-corrected chi connectivity index (χ4v) is 1.71. The Morgan fingerprint density at radius 2 is 1.95 bits per heavy atom. The van der Waals surface area contributed by atoms with Gasteiger partial charge >= 0.3 is 0 Å². The maximum Gasteiger partial charge on any atom is 0.221 e. The van der Waals surface area contributed by atoms with Crippen molar-refractivity contribution in [2.75, 3.05) is 11.1 Å². The molecule has 4 nitrogen and oxygen atoms in total. The van der Waals surface area contributed by atoms with Crippen molar-refractivity contribution in [1.29, 1.82) is 0 Å². The maximum atomic E-state index is 11.0. The van der Waals surface area contributed by atoms with Crippen LogP contribution in [0.15, 0.2) is 42.5 Å². The molecule has 4 heteroatoms. The molecule has 0 heterocycles. The van der Waals surface area contributed by atoms with Crippen molar-refractivity contribution in [3.63, 3.8) is 0 Å². The fourth-order valence-electron chi connectivity index (χ4n) is 1.71. The fraction of sp³-hybridized carbons (Fsp3) is 0.133. The Labute approximate surface area is 112 Å². The first-order valence-electron chi connectivity index (χ1n) is 5.97. The summed E-state index contributed by atoms with van der Waals surface area (Å²) in [6.07, 6.45) is 0. The predicted octanol–water partition coefficient (Wildman–Crippen LogP) is 3.33. The van der Waals surface area contributed by atoms with E-state index in [9.17, 15) is 4.79 Å². The molecule has 0 aromatic heterocycles. The van der Waals surface area contributed by atoms with E-state index in [0.717, 1.165) is 11.3 Å². The number of para-hydroxylation sites is 1. The van der Waals surface area contributed by atoms with Gasteiger partial charge in [-0.3, -0.25) is 4.79 Å². The molecule has 0 atom stereocenters. The van der Waals surface area contributed by atoms with Crippen molar-refractivity contribution in [1.82, 2.24) is 0 Å². The van der Waals surface area contributed by atoms with Gasteiger partial charge in [0.15, 0.2) is 0 Å². The number of hydrogen-bond acceptors (Lipinski definition) is 3.